The number of nitrogens with zero attached hydrogens (tertiary/aromatic N) is 1. The van der Waals surface area contributed by atoms with Gasteiger partial charge in [-0.15, -0.1) is 0 Å². The van der Waals surface area contributed by atoms with Crippen molar-refractivity contribution >= 4 is 23.2 Å². The quantitative estimate of drug-likeness (QED) is 0.838. The molecule has 0 atom stereocenters. The van der Waals surface area contributed by atoms with Gasteiger partial charge in [-0.25, -0.2) is 4.39 Å². The number of carbonyl (C=O) groups excluding carboxylic acids is 2. The number of nitrogens with two attached hydrogens (primary N) is 1. The maximum atomic E-state index is 13.1. The monoisotopic (exact) mass is 293 g/mol. The highest BCUT2D eigenvalue weighted by Crippen LogP contribution is 2.16. The highest BCUT2D eigenvalue weighted by Gasteiger charge is 2.18. The zero-order valence-electron chi connectivity index (χ0n) is 11.9. The number of rotatable bonds is 3. The molecular formula is C15H20FN3O2. The molecule has 2 amide bonds. The molecule has 1 aliphatic rings. The number of likely N-dealkylation sites (tertiary alicyclic amines) is 1. The molecule has 1 aliphatic heterocycles. The molecule has 3 N–H and O–H groups in total. The standard InChI is InChI=1S/C15H20FN3O2/c16-12-7-6-11(9-13(12)17)18-14(20)10-19-8-4-2-1-3-5-15(19)21/h6-7,9H,1-5,8,10,17H2,(H,18,20). The Balaban J connectivity index is 1.93. The number of anilines is 2. The van der Waals surface area contributed by atoms with E-state index in [1.165, 1.54) is 18.2 Å². The first kappa shape index (κ1) is 15.3. The first-order valence-electron chi connectivity index (χ1n) is 7.19. The van der Waals surface area contributed by atoms with Crippen LogP contribution in [0.3, 0.4) is 0 Å². The van der Waals surface area contributed by atoms with Gasteiger partial charge in [0.15, 0.2) is 0 Å². The number of amides is 2. The molecule has 0 aliphatic carbocycles. The van der Waals surface area contributed by atoms with Gasteiger partial charge in [-0.05, 0) is 31.0 Å². The Morgan fingerprint density at radius 1 is 1.29 bits per heavy atom. The molecule has 6 heteroatoms. The minimum atomic E-state index is -0.521. The Labute approximate surface area is 123 Å². The number of hydrogen-bond donors (Lipinski definition) is 2. The molecule has 0 unspecified atom stereocenters. The lowest BCUT2D eigenvalue weighted by atomic mass is 10.1. The van der Waals surface area contributed by atoms with E-state index in [9.17, 15) is 14.0 Å². The number of nitrogen functional groups attached to an aromatic ring is 1. The summed E-state index contributed by atoms with van der Waals surface area (Å²) >= 11 is 0. The van der Waals surface area contributed by atoms with E-state index in [0.29, 0.717) is 18.7 Å². The molecule has 1 saturated heterocycles. The van der Waals surface area contributed by atoms with Gasteiger partial charge >= 0.3 is 0 Å². The second-order valence-electron chi connectivity index (χ2n) is 5.26. The third kappa shape index (κ3) is 4.44. The zero-order chi connectivity index (χ0) is 15.2. The van der Waals surface area contributed by atoms with Crippen LogP contribution in [0.25, 0.3) is 0 Å². The second-order valence-corrected chi connectivity index (χ2v) is 5.26. The van der Waals surface area contributed by atoms with E-state index in [4.69, 9.17) is 5.73 Å². The van der Waals surface area contributed by atoms with Crippen LogP contribution in [-0.4, -0.2) is 29.8 Å². The number of carbonyl (C=O) groups is 2. The number of halogens is 1. The topological polar surface area (TPSA) is 75.4 Å². The predicted molar refractivity (Wildman–Crippen MR) is 79.1 cm³/mol. The van der Waals surface area contributed by atoms with E-state index in [0.717, 1.165) is 25.7 Å². The summed E-state index contributed by atoms with van der Waals surface area (Å²) in [6.07, 6.45) is 4.45. The van der Waals surface area contributed by atoms with Gasteiger partial charge in [0.2, 0.25) is 11.8 Å². The molecule has 1 aromatic rings. The first-order chi connectivity index (χ1) is 10.1. The Kier molecular flexibility index (Phi) is 5.14. The van der Waals surface area contributed by atoms with E-state index in [-0.39, 0.29) is 24.0 Å². The summed E-state index contributed by atoms with van der Waals surface area (Å²) in [6, 6.07) is 4.01. The van der Waals surface area contributed by atoms with Crippen molar-refractivity contribution in [3.05, 3.63) is 24.0 Å². The first-order valence-corrected chi connectivity index (χ1v) is 7.19. The molecule has 5 nitrogen and oxygen atoms in total. The highest BCUT2D eigenvalue weighted by molar-refractivity contribution is 5.94. The average molecular weight is 293 g/mol. The SMILES string of the molecule is Nc1cc(NC(=O)CN2CCCCCCC2=O)ccc1F. The number of hydrogen-bond acceptors (Lipinski definition) is 3. The molecule has 0 aromatic heterocycles. The molecular weight excluding hydrogens is 273 g/mol. The zero-order valence-corrected chi connectivity index (χ0v) is 11.9. The lowest BCUT2D eigenvalue weighted by Gasteiger charge is -2.24. The summed E-state index contributed by atoms with van der Waals surface area (Å²) in [6.45, 7) is 0.633. The predicted octanol–water partition coefficient (Wildman–Crippen LogP) is 2.14. The van der Waals surface area contributed by atoms with Crippen molar-refractivity contribution in [2.75, 3.05) is 24.1 Å². The Morgan fingerprint density at radius 3 is 2.81 bits per heavy atom. The van der Waals surface area contributed by atoms with Crippen molar-refractivity contribution < 1.29 is 14.0 Å². The lowest BCUT2D eigenvalue weighted by molar-refractivity contribution is -0.135. The molecule has 114 valence electrons. The van der Waals surface area contributed by atoms with Crippen LogP contribution in [0, 0.1) is 5.82 Å². The van der Waals surface area contributed by atoms with E-state index in [1.54, 1.807) is 4.90 Å². The molecule has 1 heterocycles. The van der Waals surface area contributed by atoms with Crippen LogP contribution < -0.4 is 11.1 Å². The van der Waals surface area contributed by atoms with E-state index >= 15 is 0 Å². The molecule has 0 saturated carbocycles. The third-order valence-electron chi connectivity index (χ3n) is 3.54. The summed E-state index contributed by atoms with van der Waals surface area (Å²) in [5, 5.41) is 2.63. The molecule has 0 spiro atoms. The molecule has 0 radical (unpaired) electrons. The van der Waals surface area contributed by atoms with Gasteiger partial charge in [-0.3, -0.25) is 9.59 Å². The minimum Gasteiger partial charge on any atom is -0.396 e. The summed E-state index contributed by atoms with van der Waals surface area (Å²) in [5.74, 6) is -0.801. The normalized spacial score (nSPS) is 16.2. The summed E-state index contributed by atoms with van der Waals surface area (Å²) in [5.41, 5.74) is 5.86. The van der Waals surface area contributed by atoms with E-state index < -0.39 is 5.82 Å². The second kappa shape index (κ2) is 7.06. The lowest BCUT2D eigenvalue weighted by Crippen LogP contribution is -2.39. The molecule has 2 rings (SSSR count). The van der Waals surface area contributed by atoms with Crippen molar-refractivity contribution in [3.8, 4) is 0 Å². The van der Waals surface area contributed by atoms with Crippen LogP contribution in [0.15, 0.2) is 18.2 Å². The van der Waals surface area contributed by atoms with Gasteiger partial charge < -0.3 is 16.0 Å². The fourth-order valence-electron chi connectivity index (χ4n) is 2.38. The summed E-state index contributed by atoms with van der Waals surface area (Å²) in [4.78, 5) is 25.5. The van der Waals surface area contributed by atoms with Crippen LogP contribution in [0.1, 0.15) is 32.1 Å². The fourth-order valence-corrected chi connectivity index (χ4v) is 2.38. The van der Waals surface area contributed by atoms with E-state index in [1.807, 2.05) is 0 Å². The van der Waals surface area contributed by atoms with Gasteiger partial charge in [-0.1, -0.05) is 12.8 Å². The largest absolute Gasteiger partial charge is 0.396 e. The molecule has 0 bridgehead atoms. The van der Waals surface area contributed by atoms with Crippen molar-refractivity contribution in [2.45, 2.75) is 32.1 Å². The van der Waals surface area contributed by atoms with E-state index in [2.05, 4.69) is 5.32 Å². The average Bonchev–Trinajstić information content (AvgIpc) is 2.43. The number of benzene rings is 1. The van der Waals surface area contributed by atoms with Crippen LogP contribution >= 0.6 is 0 Å². The maximum absolute atomic E-state index is 13.1. The Bertz CT molecular complexity index is 534. The van der Waals surface area contributed by atoms with Crippen molar-refractivity contribution in [1.82, 2.24) is 4.90 Å². The molecule has 21 heavy (non-hydrogen) atoms. The van der Waals surface area contributed by atoms with Gasteiger partial charge in [0.1, 0.15) is 5.82 Å². The molecule has 1 aromatic carbocycles. The highest BCUT2D eigenvalue weighted by atomic mass is 19.1. The summed E-state index contributed by atoms with van der Waals surface area (Å²) < 4.78 is 13.1. The minimum absolute atomic E-state index is 0.0171. The van der Waals surface area contributed by atoms with Gasteiger partial charge in [-0.2, -0.15) is 0 Å². The fraction of sp³-hybridized carbons (Fsp3) is 0.467. The van der Waals surface area contributed by atoms with Gasteiger partial charge in [0.25, 0.3) is 0 Å². The Hall–Kier alpha value is -2.11. The summed E-state index contributed by atoms with van der Waals surface area (Å²) in [7, 11) is 0. The van der Waals surface area contributed by atoms with Crippen molar-refractivity contribution in [3.63, 3.8) is 0 Å². The number of nitrogens with one attached hydrogen (secondary N) is 1. The van der Waals surface area contributed by atoms with Crippen LogP contribution in [-0.2, 0) is 9.59 Å². The smallest absolute Gasteiger partial charge is 0.243 e. The van der Waals surface area contributed by atoms with Crippen molar-refractivity contribution in [1.29, 1.82) is 0 Å². The van der Waals surface area contributed by atoms with Crippen molar-refractivity contribution in [2.24, 2.45) is 0 Å². The van der Waals surface area contributed by atoms with Crippen LogP contribution in [0.5, 0.6) is 0 Å². The van der Waals surface area contributed by atoms with Crippen LogP contribution in [0.4, 0.5) is 15.8 Å². The Morgan fingerprint density at radius 2 is 2.05 bits per heavy atom. The molecule has 1 fully saturated rings. The maximum Gasteiger partial charge on any atom is 0.243 e. The van der Waals surface area contributed by atoms with Gasteiger partial charge in [0, 0.05) is 18.7 Å². The third-order valence-corrected chi connectivity index (χ3v) is 3.54. The van der Waals surface area contributed by atoms with Crippen LogP contribution in [0.2, 0.25) is 0 Å². The van der Waals surface area contributed by atoms with Gasteiger partial charge in [0.05, 0.1) is 12.2 Å².